The van der Waals surface area contributed by atoms with Crippen LogP contribution in [0.2, 0.25) is 0 Å². The smallest absolute Gasteiger partial charge is 0.384 e. The van der Waals surface area contributed by atoms with Gasteiger partial charge in [-0.1, -0.05) is 13.8 Å². The summed E-state index contributed by atoms with van der Waals surface area (Å²) in [6.45, 7) is 4.76. The summed E-state index contributed by atoms with van der Waals surface area (Å²) in [6, 6.07) is 0. The number of hydrogen-bond donors (Lipinski definition) is 1. The topological polar surface area (TPSA) is 20.2 Å². The fraction of sp³-hybridized carbons (Fsp3) is 1.00. The zero-order valence-electron chi connectivity index (χ0n) is 12.7. The van der Waals surface area contributed by atoms with Gasteiger partial charge in [0, 0.05) is 0 Å². The number of aliphatic hydroxyl groups is 1. The Balaban J connectivity index is 1.53. The molecule has 4 fully saturated rings. The molecule has 8 atom stereocenters. The van der Waals surface area contributed by atoms with Crippen LogP contribution in [0.4, 0.5) is 13.2 Å². The van der Waals surface area contributed by atoms with Crippen molar-refractivity contribution in [3.8, 4) is 0 Å². The van der Waals surface area contributed by atoms with Crippen molar-refractivity contribution in [3.05, 3.63) is 0 Å². The van der Waals surface area contributed by atoms with Gasteiger partial charge in [-0.05, 0) is 78.9 Å². The SMILES string of the molecule is CC1(C)C2CCC1C1C3CC(CC3CC(O)C(F)(F)F)C12. The van der Waals surface area contributed by atoms with Gasteiger partial charge in [0.1, 0.15) is 6.10 Å². The first-order valence-corrected chi connectivity index (χ1v) is 8.46. The fourth-order valence-electron chi connectivity index (χ4n) is 7.20. The summed E-state index contributed by atoms with van der Waals surface area (Å²) in [5, 5.41) is 9.42. The molecule has 0 aliphatic heterocycles. The van der Waals surface area contributed by atoms with Crippen LogP contribution in [0.15, 0.2) is 0 Å². The second-order valence-corrected chi connectivity index (χ2v) is 8.71. The van der Waals surface area contributed by atoms with Crippen LogP contribution in [0.3, 0.4) is 0 Å². The highest BCUT2D eigenvalue weighted by molar-refractivity contribution is 5.16. The van der Waals surface area contributed by atoms with Gasteiger partial charge in [-0.2, -0.15) is 13.2 Å². The summed E-state index contributed by atoms with van der Waals surface area (Å²) < 4.78 is 37.9. The van der Waals surface area contributed by atoms with E-state index in [2.05, 4.69) is 13.8 Å². The Hall–Kier alpha value is -0.250. The van der Waals surface area contributed by atoms with E-state index < -0.39 is 12.3 Å². The van der Waals surface area contributed by atoms with Crippen molar-refractivity contribution in [3.63, 3.8) is 0 Å². The molecule has 0 amide bonds. The number of alkyl halides is 3. The molecule has 4 aliphatic carbocycles. The fourth-order valence-corrected chi connectivity index (χ4v) is 7.20. The average Bonchev–Trinajstić information content (AvgIpc) is 3.05. The lowest BCUT2D eigenvalue weighted by atomic mass is 9.66. The van der Waals surface area contributed by atoms with Crippen LogP contribution < -0.4 is 0 Å². The first-order valence-electron chi connectivity index (χ1n) is 8.46. The van der Waals surface area contributed by atoms with Gasteiger partial charge in [0.2, 0.25) is 0 Å². The molecule has 0 saturated heterocycles. The van der Waals surface area contributed by atoms with E-state index in [9.17, 15) is 18.3 Å². The minimum atomic E-state index is -4.45. The Morgan fingerprint density at radius 2 is 1.71 bits per heavy atom. The van der Waals surface area contributed by atoms with Crippen molar-refractivity contribution in [1.29, 1.82) is 0 Å². The van der Waals surface area contributed by atoms with Gasteiger partial charge in [-0.3, -0.25) is 0 Å². The van der Waals surface area contributed by atoms with E-state index in [1.165, 1.54) is 12.8 Å². The van der Waals surface area contributed by atoms with Gasteiger partial charge < -0.3 is 5.11 Å². The van der Waals surface area contributed by atoms with Gasteiger partial charge in [0.15, 0.2) is 0 Å². The van der Waals surface area contributed by atoms with Crippen LogP contribution >= 0.6 is 0 Å². The monoisotopic (exact) mass is 302 g/mol. The molecule has 8 unspecified atom stereocenters. The van der Waals surface area contributed by atoms with Gasteiger partial charge in [-0.25, -0.2) is 0 Å². The second kappa shape index (κ2) is 4.18. The van der Waals surface area contributed by atoms with Crippen LogP contribution in [0, 0.1) is 46.8 Å². The highest BCUT2D eigenvalue weighted by Gasteiger charge is 2.68. The number of halogens is 3. The van der Waals surface area contributed by atoms with Gasteiger partial charge in [0.25, 0.3) is 0 Å². The number of rotatable bonds is 2. The van der Waals surface area contributed by atoms with E-state index in [1.54, 1.807) is 0 Å². The molecule has 4 saturated carbocycles. The Kier molecular flexibility index (Phi) is 2.86. The van der Waals surface area contributed by atoms with E-state index in [0.717, 1.165) is 24.7 Å². The standard InChI is InChI=1S/C17H25F3O/c1-16(2)11-3-4-12(16)15-10-6-9(14(11)15)5-8(10)7-13(21)17(18,19)20/h8-15,21H,3-7H2,1-2H3. The lowest BCUT2D eigenvalue weighted by molar-refractivity contribution is -0.210. The number of aliphatic hydroxyl groups excluding tert-OH is 1. The molecular formula is C17H25F3O. The van der Waals surface area contributed by atoms with Crippen molar-refractivity contribution in [2.24, 2.45) is 46.8 Å². The van der Waals surface area contributed by atoms with Crippen LogP contribution in [0.25, 0.3) is 0 Å². The molecule has 0 spiro atoms. The Morgan fingerprint density at radius 1 is 1.10 bits per heavy atom. The summed E-state index contributed by atoms with van der Waals surface area (Å²) in [6.07, 6.45) is -1.96. The maximum absolute atomic E-state index is 12.6. The Morgan fingerprint density at radius 3 is 2.33 bits per heavy atom. The third kappa shape index (κ3) is 1.80. The molecule has 21 heavy (non-hydrogen) atoms. The Bertz CT molecular complexity index is 444. The molecule has 4 rings (SSSR count). The lowest BCUT2D eigenvalue weighted by Crippen LogP contribution is -2.37. The normalized spacial score (nSPS) is 51.4. The first-order chi connectivity index (χ1) is 9.71. The third-order valence-corrected chi connectivity index (χ3v) is 7.80. The quantitative estimate of drug-likeness (QED) is 0.756. The summed E-state index contributed by atoms with van der Waals surface area (Å²) in [7, 11) is 0. The van der Waals surface area contributed by atoms with Crippen molar-refractivity contribution < 1.29 is 18.3 Å². The first kappa shape index (κ1) is 14.3. The zero-order valence-corrected chi connectivity index (χ0v) is 12.7. The van der Waals surface area contributed by atoms with Crippen LogP contribution in [0.1, 0.15) is 46.0 Å². The molecule has 120 valence electrons. The summed E-state index contributed by atoms with van der Waals surface area (Å²) >= 11 is 0. The highest BCUT2D eigenvalue weighted by Crippen LogP contribution is 2.74. The second-order valence-electron chi connectivity index (χ2n) is 8.71. The predicted octanol–water partition coefficient (Wildman–Crippen LogP) is 4.25. The molecule has 0 aromatic carbocycles. The molecule has 0 heterocycles. The van der Waals surface area contributed by atoms with Gasteiger partial charge in [-0.15, -0.1) is 0 Å². The summed E-state index contributed by atoms with van der Waals surface area (Å²) in [4.78, 5) is 0. The minimum absolute atomic E-state index is 0.0638. The summed E-state index contributed by atoms with van der Waals surface area (Å²) in [5.74, 6) is 4.14. The van der Waals surface area contributed by atoms with Crippen molar-refractivity contribution in [2.45, 2.75) is 58.2 Å². The van der Waals surface area contributed by atoms with Crippen LogP contribution in [-0.2, 0) is 0 Å². The van der Waals surface area contributed by atoms with Crippen molar-refractivity contribution in [1.82, 2.24) is 0 Å². The number of fused-ring (bicyclic) bond motifs is 9. The van der Waals surface area contributed by atoms with E-state index >= 15 is 0 Å². The minimum Gasteiger partial charge on any atom is -0.384 e. The van der Waals surface area contributed by atoms with Gasteiger partial charge in [0.05, 0.1) is 0 Å². The molecule has 4 aliphatic rings. The maximum Gasteiger partial charge on any atom is 0.414 e. The molecule has 0 aromatic rings. The predicted molar refractivity (Wildman–Crippen MR) is 73.4 cm³/mol. The summed E-state index contributed by atoms with van der Waals surface area (Å²) in [5.41, 5.74) is 0.393. The molecular weight excluding hydrogens is 277 g/mol. The van der Waals surface area contributed by atoms with E-state index in [-0.39, 0.29) is 12.3 Å². The van der Waals surface area contributed by atoms with Gasteiger partial charge >= 0.3 is 6.18 Å². The van der Waals surface area contributed by atoms with E-state index in [1.807, 2.05) is 0 Å². The number of hydrogen-bond acceptors (Lipinski definition) is 1. The molecule has 4 heteroatoms. The maximum atomic E-state index is 12.6. The highest BCUT2D eigenvalue weighted by atomic mass is 19.4. The van der Waals surface area contributed by atoms with E-state index in [0.29, 0.717) is 29.1 Å². The van der Waals surface area contributed by atoms with Crippen LogP contribution in [0.5, 0.6) is 0 Å². The molecule has 4 bridgehead atoms. The van der Waals surface area contributed by atoms with Crippen molar-refractivity contribution >= 4 is 0 Å². The van der Waals surface area contributed by atoms with E-state index in [4.69, 9.17) is 0 Å². The largest absolute Gasteiger partial charge is 0.414 e. The molecule has 0 radical (unpaired) electrons. The zero-order chi connectivity index (χ0) is 15.2. The molecule has 1 nitrogen and oxygen atoms in total. The average molecular weight is 302 g/mol. The lowest BCUT2D eigenvalue weighted by Gasteiger charge is -2.39. The van der Waals surface area contributed by atoms with Crippen LogP contribution in [-0.4, -0.2) is 17.4 Å². The Labute approximate surface area is 124 Å². The third-order valence-electron chi connectivity index (χ3n) is 7.80. The molecule has 0 aromatic heterocycles. The van der Waals surface area contributed by atoms with Crippen molar-refractivity contribution in [2.75, 3.05) is 0 Å². The molecule has 1 N–H and O–H groups in total.